The molecule has 0 atom stereocenters. The number of benzene rings is 1. The fourth-order valence-electron chi connectivity index (χ4n) is 4.35. The number of rotatable bonds is 6. The zero-order valence-corrected chi connectivity index (χ0v) is 16.8. The molecule has 2 heterocycles. The van der Waals surface area contributed by atoms with Gasteiger partial charge in [0.15, 0.2) is 5.65 Å². The van der Waals surface area contributed by atoms with Crippen LogP contribution in [0.5, 0.6) is 11.5 Å². The maximum Gasteiger partial charge on any atom is 0.167 e. The number of nitrogens with zero attached hydrogens (tertiary/aromatic N) is 4. The summed E-state index contributed by atoms with van der Waals surface area (Å²) >= 11 is 0. The standard InChI is InChI=1S/C23H24N4O2/c1-15-19(9-10-27-21(11-16-7-8-16)25-26-22(15)27)29-17-12-23(13-17,14-24)18-5-3-4-6-20(18)28-2/h3-6,9-10,16-17H,7-8,11-13H2,1-2H3. The summed E-state index contributed by atoms with van der Waals surface area (Å²) in [6.07, 6.45) is 6.88. The van der Waals surface area contributed by atoms with Crippen molar-refractivity contribution < 1.29 is 9.47 Å². The minimum atomic E-state index is -0.554. The molecule has 5 rings (SSSR count). The molecule has 1 aromatic carbocycles. The summed E-state index contributed by atoms with van der Waals surface area (Å²) in [7, 11) is 1.64. The van der Waals surface area contributed by atoms with E-state index in [-0.39, 0.29) is 6.10 Å². The Morgan fingerprint density at radius 1 is 1.17 bits per heavy atom. The second-order valence-corrected chi connectivity index (χ2v) is 8.30. The minimum Gasteiger partial charge on any atom is -0.496 e. The second-order valence-electron chi connectivity index (χ2n) is 8.30. The van der Waals surface area contributed by atoms with Gasteiger partial charge in [0.05, 0.1) is 18.6 Å². The number of hydrogen-bond donors (Lipinski definition) is 0. The van der Waals surface area contributed by atoms with Crippen molar-refractivity contribution in [2.45, 2.75) is 50.5 Å². The van der Waals surface area contributed by atoms with Gasteiger partial charge in [-0.05, 0) is 37.8 Å². The molecule has 2 aromatic heterocycles. The highest BCUT2D eigenvalue weighted by molar-refractivity contribution is 5.54. The average molecular weight is 388 g/mol. The third-order valence-corrected chi connectivity index (χ3v) is 6.30. The van der Waals surface area contributed by atoms with Crippen molar-refractivity contribution in [2.75, 3.05) is 7.11 Å². The average Bonchev–Trinajstić information content (AvgIpc) is 3.44. The van der Waals surface area contributed by atoms with E-state index in [1.54, 1.807) is 7.11 Å². The van der Waals surface area contributed by atoms with Crippen molar-refractivity contribution in [3.05, 3.63) is 53.5 Å². The Balaban J connectivity index is 1.35. The van der Waals surface area contributed by atoms with E-state index < -0.39 is 5.41 Å². The topological polar surface area (TPSA) is 72.4 Å². The SMILES string of the molecule is COc1ccccc1C1(C#N)CC(Oc2ccn3c(CC4CC4)nnc3c2C)C1. The van der Waals surface area contributed by atoms with Crippen molar-refractivity contribution in [3.8, 4) is 17.6 Å². The molecule has 0 aliphatic heterocycles. The van der Waals surface area contributed by atoms with Gasteiger partial charge in [-0.15, -0.1) is 10.2 Å². The molecule has 6 heteroatoms. The normalized spacial score (nSPS) is 23.4. The number of aryl methyl sites for hydroxylation is 1. The van der Waals surface area contributed by atoms with E-state index in [1.807, 2.05) is 43.5 Å². The largest absolute Gasteiger partial charge is 0.496 e. The first-order chi connectivity index (χ1) is 14.1. The molecule has 3 aromatic rings. The molecular formula is C23H24N4O2. The number of ether oxygens (including phenoxy) is 2. The number of fused-ring (bicyclic) bond motifs is 1. The van der Waals surface area contributed by atoms with Gasteiger partial charge in [0.2, 0.25) is 0 Å². The Morgan fingerprint density at radius 2 is 1.97 bits per heavy atom. The number of pyridine rings is 1. The van der Waals surface area contributed by atoms with Gasteiger partial charge < -0.3 is 9.47 Å². The van der Waals surface area contributed by atoms with E-state index in [0.29, 0.717) is 12.8 Å². The number of methoxy groups -OCH3 is 1. The molecule has 0 bridgehead atoms. The lowest BCUT2D eigenvalue weighted by molar-refractivity contribution is 0.0650. The molecule has 2 aliphatic carbocycles. The van der Waals surface area contributed by atoms with Gasteiger partial charge in [-0.2, -0.15) is 5.26 Å². The van der Waals surface area contributed by atoms with Crippen LogP contribution in [0.1, 0.15) is 42.6 Å². The van der Waals surface area contributed by atoms with Crippen molar-refractivity contribution in [1.29, 1.82) is 5.26 Å². The maximum atomic E-state index is 9.89. The van der Waals surface area contributed by atoms with E-state index in [4.69, 9.17) is 9.47 Å². The molecule has 0 radical (unpaired) electrons. The van der Waals surface area contributed by atoms with Gasteiger partial charge >= 0.3 is 0 Å². The summed E-state index contributed by atoms with van der Waals surface area (Å²) < 4.78 is 13.8. The highest BCUT2D eigenvalue weighted by Gasteiger charge is 2.49. The Morgan fingerprint density at radius 3 is 2.69 bits per heavy atom. The lowest BCUT2D eigenvalue weighted by atomic mass is 9.63. The van der Waals surface area contributed by atoms with E-state index >= 15 is 0 Å². The van der Waals surface area contributed by atoms with Gasteiger partial charge in [0.25, 0.3) is 0 Å². The summed E-state index contributed by atoms with van der Waals surface area (Å²) in [5.41, 5.74) is 2.24. The van der Waals surface area contributed by atoms with Gasteiger partial charge in [-0.3, -0.25) is 4.40 Å². The van der Waals surface area contributed by atoms with Crippen LogP contribution < -0.4 is 9.47 Å². The first kappa shape index (κ1) is 18.0. The van der Waals surface area contributed by atoms with Crippen LogP contribution >= 0.6 is 0 Å². The molecular weight excluding hydrogens is 364 g/mol. The Bertz CT molecular complexity index is 1100. The van der Waals surface area contributed by atoms with Crippen LogP contribution in [0.4, 0.5) is 0 Å². The van der Waals surface area contributed by atoms with Gasteiger partial charge in [0.1, 0.15) is 23.4 Å². The van der Waals surface area contributed by atoms with Crippen LogP contribution in [0.3, 0.4) is 0 Å². The molecule has 2 fully saturated rings. The molecule has 2 saturated carbocycles. The lowest BCUT2D eigenvalue weighted by Gasteiger charge is -2.43. The van der Waals surface area contributed by atoms with Crippen molar-refractivity contribution in [2.24, 2.45) is 5.92 Å². The predicted molar refractivity (Wildman–Crippen MR) is 108 cm³/mol. The van der Waals surface area contributed by atoms with Gasteiger partial charge in [-0.1, -0.05) is 18.2 Å². The summed E-state index contributed by atoms with van der Waals surface area (Å²) in [6.45, 7) is 2.02. The van der Waals surface area contributed by atoms with Crippen LogP contribution in [0.25, 0.3) is 5.65 Å². The zero-order chi connectivity index (χ0) is 20.0. The predicted octanol–water partition coefficient (Wildman–Crippen LogP) is 4.00. The monoisotopic (exact) mass is 388 g/mol. The van der Waals surface area contributed by atoms with Crippen molar-refractivity contribution in [1.82, 2.24) is 14.6 Å². The van der Waals surface area contributed by atoms with Gasteiger partial charge in [-0.25, -0.2) is 0 Å². The molecule has 0 saturated heterocycles. The third kappa shape index (κ3) is 3.02. The first-order valence-electron chi connectivity index (χ1n) is 10.2. The fourth-order valence-corrected chi connectivity index (χ4v) is 4.35. The zero-order valence-electron chi connectivity index (χ0n) is 16.8. The van der Waals surface area contributed by atoms with E-state index in [1.165, 1.54) is 12.8 Å². The van der Waals surface area contributed by atoms with Crippen LogP contribution in [-0.4, -0.2) is 27.8 Å². The van der Waals surface area contributed by atoms with Crippen LogP contribution in [0.15, 0.2) is 36.5 Å². The number of aromatic nitrogens is 3. The smallest absolute Gasteiger partial charge is 0.167 e. The highest BCUT2D eigenvalue weighted by atomic mass is 16.5. The van der Waals surface area contributed by atoms with E-state index in [9.17, 15) is 5.26 Å². The summed E-state index contributed by atoms with van der Waals surface area (Å²) in [5, 5.41) is 18.7. The Kier molecular flexibility index (Phi) is 4.20. The lowest BCUT2D eigenvalue weighted by Crippen LogP contribution is -2.46. The molecule has 2 aliphatic rings. The van der Waals surface area contributed by atoms with Crippen molar-refractivity contribution >= 4 is 5.65 Å². The van der Waals surface area contributed by atoms with Gasteiger partial charge in [0, 0.05) is 36.6 Å². The Hall–Kier alpha value is -3.07. The number of nitriles is 1. The highest BCUT2D eigenvalue weighted by Crippen LogP contribution is 2.48. The molecule has 148 valence electrons. The summed E-state index contributed by atoms with van der Waals surface area (Å²) in [4.78, 5) is 0. The molecule has 0 amide bonds. The number of para-hydroxylation sites is 1. The minimum absolute atomic E-state index is 0.00503. The van der Waals surface area contributed by atoms with Crippen LogP contribution in [0, 0.1) is 24.2 Å². The second kappa shape index (κ2) is 6.77. The first-order valence-corrected chi connectivity index (χ1v) is 10.2. The summed E-state index contributed by atoms with van der Waals surface area (Å²) in [6, 6.07) is 12.3. The van der Waals surface area contributed by atoms with E-state index in [2.05, 4.69) is 20.7 Å². The molecule has 0 spiro atoms. The molecule has 6 nitrogen and oxygen atoms in total. The number of hydrogen-bond acceptors (Lipinski definition) is 5. The quantitative estimate of drug-likeness (QED) is 0.638. The third-order valence-electron chi connectivity index (χ3n) is 6.30. The van der Waals surface area contributed by atoms with Crippen LogP contribution in [-0.2, 0) is 11.8 Å². The fraction of sp³-hybridized carbons (Fsp3) is 0.435. The molecule has 0 unspecified atom stereocenters. The maximum absolute atomic E-state index is 9.89. The van der Waals surface area contributed by atoms with Crippen molar-refractivity contribution in [3.63, 3.8) is 0 Å². The molecule has 29 heavy (non-hydrogen) atoms. The molecule has 0 N–H and O–H groups in total. The Labute approximate surface area is 170 Å². The van der Waals surface area contributed by atoms with E-state index in [0.717, 1.165) is 46.4 Å². The van der Waals surface area contributed by atoms with Crippen LogP contribution in [0.2, 0.25) is 0 Å². The summed E-state index contributed by atoms with van der Waals surface area (Å²) in [5.74, 6) is 3.37.